The SMILES string of the molecule is CC(C)NC1=C(N)CN2CCCN12. The molecule has 13 heavy (non-hydrogen) atoms. The fourth-order valence-electron chi connectivity index (χ4n) is 1.96. The molecule has 2 rings (SSSR count). The van der Waals surface area contributed by atoms with E-state index in [1.807, 2.05) is 0 Å². The fourth-order valence-corrected chi connectivity index (χ4v) is 1.96. The molecule has 0 bridgehead atoms. The van der Waals surface area contributed by atoms with Gasteiger partial charge in [-0.25, -0.2) is 5.01 Å². The zero-order valence-corrected chi connectivity index (χ0v) is 8.38. The molecule has 4 heteroatoms. The Morgan fingerprint density at radius 2 is 2.15 bits per heavy atom. The highest BCUT2D eigenvalue weighted by Crippen LogP contribution is 2.23. The maximum absolute atomic E-state index is 5.95. The van der Waals surface area contributed by atoms with Gasteiger partial charge in [-0.1, -0.05) is 0 Å². The number of rotatable bonds is 2. The second-order valence-corrected chi connectivity index (χ2v) is 4.04. The predicted octanol–water partition coefficient (Wildman–Crippen LogP) is 0.0485. The largest absolute Gasteiger partial charge is 0.398 e. The molecule has 1 saturated heterocycles. The molecule has 0 spiro atoms. The third kappa shape index (κ3) is 1.46. The number of hydrogen-bond donors (Lipinski definition) is 2. The summed E-state index contributed by atoms with van der Waals surface area (Å²) in [7, 11) is 0. The minimum absolute atomic E-state index is 0.453. The van der Waals surface area contributed by atoms with Crippen molar-refractivity contribution in [3.63, 3.8) is 0 Å². The normalized spacial score (nSPS) is 23.2. The summed E-state index contributed by atoms with van der Waals surface area (Å²) in [5.74, 6) is 1.13. The van der Waals surface area contributed by atoms with Crippen LogP contribution in [0.1, 0.15) is 20.3 Å². The van der Waals surface area contributed by atoms with E-state index in [4.69, 9.17) is 5.73 Å². The highest BCUT2D eigenvalue weighted by Gasteiger charge is 2.32. The third-order valence-electron chi connectivity index (χ3n) is 2.47. The summed E-state index contributed by atoms with van der Waals surface area (Å²) in [6, 6.07) is 0.453. The average molecular weight is 182 g/mol. The molecule has 0 aromatic heterocycles. The minimum Gasteiger partial charge on any atom is -0.398 e. The van der Waals surface area contributed by atoms with Crippen LogP contribution in [0.15, 0.2) is 11.5 Å². The predicted molar refractivity (Wildman–Crippen MR) is 52.4 cm³/mol. The molecule has 0 unspecified atom stereocenters. The van der Waals surface area contributed by atoms with Crippen molar-refractivity contribution in [2.75, 3.05) is 19.6 Å². The Labute approximate surface area is 79.3 Å². The molecule has 74 valence electrons. The lowest BCUT2D eigenvalue weighted by atomic mass is 10.3. The molecule has 0 saturated carbocycles. The lowest BCUT2D eigenvalue weighted by molar-refractivity contribution is 0.0925. The van der Waals surface area contributed by atoms with Crippen LogP contribution >= 0.6 is 0 Å². The lowest BCUT2D eigenvalue weighted by Gasteiger charge is -2.25. The summed E-state index contributed by atoms with van der Waals surface area (Å²) in [4.78, 5) is 0. The van der Waals surface area contributed by atoms with E-state index in [-0.39, 0.29) is 0 Å². The lowest BCUT2D eigenvalue weighted by Crippen LogP contribution is -2.37. The van der Waals surface area contributed by atoms with Crippen LogP contribution in [0.3, 0.4) is 0 Å². The second-order valence-electron chi connectivity index (χ2n) is 4.04. The van der Waals surface area contributed by atoms with Gasteiger partial charge in [0.15, 0.2) is 0 Å². The molecule has 3 N–H and O–H groups in total. The van der Waals surface area contributed by atoms with E-state index in [0.29, 0.717) is 6.04 Å². The molecular weight excluding hydrogens is 164 g/mol. The first kappa shape index (κ1) is 8.69. The van der Waals surface area contributed by atoms with Gasteiger partial charge in [0.25, 0.3) is 0 Å². The Kier molecular flexibility index (Phi) is 2.07. The standard InChI is InChI=1S/C9H18N4/c1-7(2)11-9-8(10)6-12-4-3-5-13(9)12/h7,11H,3-6,10H2,1-2H3. The summed E-state index contributed by atoms with van der Waals surface area (Å²) in [5.41, 5.74) is 6.93. The van der Waals surface area contributed by atoms with Gasteiger partial charge in [0, 0.05) is 19.1 Å². The van der Waals surface area contributed by atoms with Gasteiger partial charge < -0.3 is 11.1 Å². The summed E-state index contributed by atoms with van der Waals surface area (Å²) >= 11 is 0. The third-order valence-corrected chi connectivity index (χ3v) is 2.47. The Morgan fingerprint density at radius 3 is 2.85 bits per heavy atom. The summed E-state index contributed by atoms with van der Waals surface area (Å²) in [6.07, 6.45) is 1.25. The molecule has 2 heterocycles. The van der Waals surface area contributed by atoms with E-state index in [9.17, 15) is 0 Å². The number of hydrogen-bond acceptors (Lipinski definition) is 4. The Morgan fingerprint density at radius 1 is 1.38 bits per heavy atom. The molecule has 0 aliphatic carbocycles. The van der Waals surface area contributed by atoms with E-state index in [0.717, 1.165) is 31.2 Å². The van der Waals surface area contributed by atoms with Gasteiger partial charge in [-0.3, -0.25) is 5.01 Å². The van der Waals surface area contributed by atoms with E-state index >= 15 is 0 Å². The highest BCUT2D eigenvalue weighted by atomic mass is 15.7. The molecule has 4 nitrogen and oxygen atoms in total. The summed E-state index contributed by atoms with van der Waals surface area (Å²) in [6.45, 7) is 7.42. The van der Waals surface area contributed by atoms with Crippen molar-refractivity contribution in [3.05, 3.63) is 11.5 Å². The monoisotopic (exact) mass is 182 g/mol. The van der Waals surface area contributed by atoms with Crippen molar-refractivity contribution in [2.24, 2.45) is 5.73 Å². The van der Waals surface area contributed by atoms with Crippen LogP contribution in [0, 0.1) is 0 Å². The van der Waals surface area contributed by atoms with E-state index in [1.54, 1.807) is 0 Å². The van der Waals surface area contributed by atoms with Crippen molar-refractivity contribution in [3.8, 4) is 0 Å². The topological polar surface area (TPSA) is 44.5 Å². The fraction of sp³-hybridized carbons (Fsp3) is 0.778. The molecule has 0 atom stereocenters. The Hall–Kier alpha value is -0.900. The zero-order chi connectivity index (χ0) is 9.42. The molecular formula is C9H18N4. The number of hydrazine groups is 1. The molecule has 2 aliphatic rings. The number of nitrogens with two attached hydrogens (primary N) is 1. The van der Waals surface area contributed by atoms with E-state index in [2.05, 4.69) is 29.2 Å². The zero-order valence-electron chi connectivity index (χ0n) is 8.38. The quantitative estimate of drug-likeness (QED) is 0.633. The Bertz CT molecular complexity index is 234. The van der Waals surface area contributed by atoms with Gasteiger partial charge in [-0.05, 0) is 20.3 Å². The number of nitrogens with zero attached hydrogens (tertiary/aromatic N) is 2. The van der Waals surface area contributed by atoms with Gasteiger partial charge in [-0.2, -0.15) is 0 Å². The maximum atomic E-state index is 5.95. The summed E-state index contributed by atoms with van der Waals surface area (Å²) in [5, 5.41) is 7.98. The smallest absolute Gasteiger partial charge is 0.137 e. The molecule has 1 fully saturated rings. The second kappa shape index (κ2) is 3.10. The first-order valence-electron chi connectivity index (χ1n) is 4.96. The number of nitrogens with one attached hydrogen (secondary N) is 1. The van der Waals surface area contributed by atoms with Crippen LogP contribution in [0.4, 0.5) is 0 Å². The first-order chi connectivity index (χ1) is 6.18. The van der Waals surface area contributed by atoms with Crippen LogP contribution in [-0.2, 0) is 0 Å². The van der Waals surface area contributed by atoms with E-state index in [1.165, 1.54) is 6.42 Å². The van der Waals surface area contributed by atoms with Gasteiger partial charge in [0.05, 0.1) is 12.2 Å². The van der Waals surface area contributed by atoms with Crippen molar-refractivity contribution in [1.29, 1.82) is 0 Å². The highest BCUT2D eigenvalue weighted by molar-refractivity contribution is 5.16. The van der Waals surface area contributed by atoms with Crippen molar-refractivity contribution >= 4 is 0 Å². The van der Waals surface area contributed by atoms with Crippen LogP contribution < -0.4 is 11.1 Å². The van der Waals surface area contributed by atoms with Crippen molar-refractivity contribution in [1.82, 2.24) is 15.3 Å². The van der Waals surface area contributed by atoms with E-state index < -0.39 is 0 Å². The molecule has 0 radical (unpaired) electrons. The first-order valence-corrected chi connectivity index (χ1v) is 4.96. The minimum atomic E-state index is 0.453. The Balaban J connectivity index is 2.10. The molecule has 2 aliphatic heterocycles. The molecule has 0 aromatic carbocycles. The van der Waals surface area contributed by atoms with Crippen LogP contribution in [0.2, 0.25) is 0 Å². The van der Waals surface area contributed by atoms with Crippen LogP contribution in [-0.4, -0.2) is 35.7 Å². The number of fused-ring (bicyclic) bond motifs is 1. The molecule has 0 amide bonds. The molecule has 0 aromatic rings. The van der Waals surface area contributed by atoms with Gasteiger partial charge >= 0.3 is 0 Å². The summed E-state index contributed by atoms with van der Waals surface area (Å²) < 4.78 is 0. The van der Waals surface area contributed by atoms with Crippen LogP contribution in [0.5, 0.6) is 0 Å². The average Bonchev–Trinajstić information content (AvgIpc) is 2.55. The van der Waals surface area contributed by atoms with Gasteiger partial charge in [0.1, 0.15) is 5.82 Å². The van der Waals surface area contributed by atoms with Crippen molar-refractivity contribution < 1.29 is 0 Å². The maximum Gasteiger partial charge on any atom is 0.137 e. The van der Waals surface area contributed by atoms with Gasteiger partial charge in [-0.15, -0.1) is 0 Å². The van der Waals surface area contributed by atoms with Gasteiger partial charge in [0.2, 0.25) is 0 Å². The van der Waals surface area contributed by atoms with Crippen molar-refractivity contribution in [2.45, 2.75) is 26.3 Å². The van der Waals surface area contributed by atoms with Crippen LogP contribution in [0.25, 0.3) is 0 Å².